The highest BCUT2D eigenvalue weighted by atomic mass is 32.1. The summed E-state index contributed by atoms with van der Waals surface area (Å²) in [4.78, 5) is 0. The van der Waals surface area contributed by atoms with Crippen LogP contribution in [0.2, 0.25) is 0 Å². The molecular weight excluding hydrogens is 581 g/mol. The predicted molar refractivity (Wildman–Crippen MR) is 197 cm³/mol. The Hall–Kier alpha value is -5.13. The summed E-state index contributed by atoms with van der Waals surface area (Å²) < 4.78 is 0. The van der Waals surface area contributed by atoms with Crippen LogP contribution in [-0.4, -0.2) is 26.7 Å². The third kappa shape index (κ3) is 8.12. The van der Waals surface area contributed by atoms with Gasteiger partial charge in [0.2, 0.25) is 0 Å². The largest absolute Gasteiger partial charge is 0.277 e. The molecule has 5 heteroatoms. The van der Waals surface area contributed by atoms with Gasteiger partial charge in [-0.3, -0.25) is 10.2 Å². The monoisotopic (exact) mass is 620 g/mol. The number of hydrogen-bond donors (Lipinski definition) is 3. The van der Waals surface area contributed by atoms with Crippen LogP contribution in [-0.2, 0) is 12.8 Å². The molecule has 0 unspecified atom stereocenters. The maximum Gasteiger partial charge on any atom is 0.0927 e. The molecule has 0 radical (unpaired) electrons. The van der Waals surface area contributed by atoms with Crippen molar-refractivity contribution in [1.29, 1.82) is 0 Å². The molecule has 2 aromatic heterocycles. The fourth-order valence-electron chi connectivity index (χ4n) is 5.34. The van der Waals surface area contributed by atoms with Gasteiger partial charge in [0, 0.05) is 11.1 Å². The highest BCUT2D eigenvalue weighted by Gasteiger charge is 2.11. The van der Waals surface area contributed by atoms with E-state index >= 15 is 0 Å². The number of benzene rings is 5. The average molecular weight is 621 g/mol. The van der Waals surface area contributed by atoms with E-state index in [2.05, 4.69) is 179 Å². The zero-order chi connectivity index (χ0) is 32.1. The van der Waals surface area contributed by atoms with Crippen molar-refractivity contribution in [3.05, 3.63) is 168 Å². The maximum absolute atomic E-state index is 4.63. The Kier molecular flexibility index (Phi) is 11.4. The van der Waals surface area contributed by atoms with Gasteiger partial charge < -0.3 is 0 Å². The minimum Gasteiger partial charge on any atom is -0.277 e. The van der Waals surface area contributed by atoms with E-state index in [1.54, 1.807) is 6.26 Å². The number of rotatable bonds is 8. The van der Waals surface area contributed by atoms with Crippen LogP contribution >= 0.6 is 12.6 Å². The Morgan fingerprint density at radius 3 is 1.17 bits per heavy atom. The summed E-state index contributed by atoms with van der Waals surface area (Å²) in [7, 11) is 0. The van der Waals surface area contributed by atoms with E-state index in [-0.39, 0.29) is 0 Å². The van der Waals surface area contributed by atoms with E-state index < -0.39 is 0 Å². The van der Waals surface area contributed by atoms with Crippen molar-refractivity contribution in [1.82, 2.24) is 20.4 Å². The predicted octanol–water partition coefficient (Wildman–Crippen LogP) is 10.6. The first-order valence-electron chi connectivity index (χ1n) is 15.7. The van der Waals surface area contributed by atoms with Crippen molar-refractivity contribution in [3.8, 4) is 45.0 Å². The number of nitrogens with one attached hydrogen (secondary N) is 2. The molecule has 0 bridgehead atoms. The number of hydrogen-bond acceptors (Lipinski definition) is 3. The van der Waals surface area contributed by atoms with Gasteiger partial charge in [0.25, 0.3) is 0 Å². The zero-order valence-corrected chi connectivity index (χ0v) is 27.5. The van der Waals surface area contributed by atoms with E-state index in [1.165, 1.54) is 22.3 Å². The third-order valence-electron chi connectivity index (χ3n) is 7.64. The van der Waals surface area contributed by atoms with E-state index in [0.717, 1.165) is 57.9 Å². The van der Waals surface area contributed by atoms with Crippen molar-refractivity contribution in [3.63, 3.8) is 0 Å². The van der Waals surface area contributed by atoms with Crippen molar-refractivity contribution in [2.75, 3.05) is 6.26 Å². The molecule has 0 saturated heterocycles. The summed E-state index contributed by atoms with van der Waals surface area (Å²) in [6.07, 6.45) is 3.55. The van der Waals surface area contributed by atoms with Crippen LogP contribution in [0.25, 0.3) is 45.0 Å². The van der Waals surface area contributed by atoms with Gasteiger partial charge in [0.1, 0.15) is 0 Å². The smallest absolute Gasteiger partial charge is 0.0927 e. The van der Waals surface area contributed by atoms with Crippen LogP contribution in [0.3, 0.4) is 0 Å². The SMILES string of the molecule is CC.CS.c1ccc(Cc2ccc(-c3cc(-c4cccc(-c5cc(-c6ccc(Cc7ccccc7)cc6)[nH]n5)c4)n[nH]3)cc2)cc1. The Morgan fingerprint density at radius 2 is 0.783 bits per heavy atom. The van der Waals surface area contributed by atoms with Crippen LogP contribution in [0.5, 0.6) is 0 Å². The van der Waals surface area contributed by atoms with Crippen molar-refractivity contribution in [2.45, 2.75) is 26.7 Å². The molecule has 2 heterocycles. The first-order valence-corrected chi connectivity index (χ1v) is 16.6. The second-order valence-electron chi connectivity index (χ2n) is 10.6. The molecule has 4 nitrogen and oxygen atoms in total. The molecule has 0 fully saturated rings. The Morgan fingerprint density at radius 1 is 0.413 bits per heavy atom. The maximum atomic E-state index is 4.63. The van der Waals surface area contributed by atoms with E-state index in [1.807, 2.05) is 13.8 Å². The van der Waals surface area contributed by atoms with Crippen LogP contribution < -0.4 is 0 Å². The van der Waals surface area contributed by atoms with Gasteiger partial charge in [0.15, 0.2) is 0 Å². The molecule has 0 aliphatic heterocycles. The summed E-state index contributed by atoms with van der Waals surface area (Å²) >= 11 is 3.53. The van der Waals surface area contributed by atoms with Gasteiger partial charge in [-0.15, -0.1) is 0 Å². The first-order chi connectivity index (χ1) is 22.8. The number of aromatic nitrogens is 4. The van der Waals surface area contributed by atoms with Gasteiger partial charge in [-0.05, 0) is 70.7 Å². The fourth-order valence-corrected chi connectivity index (χ4v) is 5.34. The van der Waals surface area contributed by atoms with Crippen LogP contribution in [0.4, 0.5) is 0 Å². The van der Waals surface area contributed by atoms with Crippen LogP contribution in [0, 0.1) is 0 Å². The first kappa shape index (κ1) is 32.3. The van der Waals surface area contributed by atoms with Gasteiger partial charge in [-0.25, -0.2) is 0 Å². The lowest BCUT2D eigenvalue weighted by Gasteiger charge is -2.03. The van der Waals surface area contributed by atoms with Gasteiger partial charge in [-0.2, -0.15) is 22.8 Å². The summed E-state index contributed by atoms with van der Waals surface area (Å²) in [6, 6.07) is 51.1. The van der Waals surface area contributed by atoms with Crippen molar-refractivity contribution < 1.29 is 0 Å². The number of nitrogens with zero attached hydrogens (tertiary/aromatic N) is 2. The molecule has 230 valence electrons. The molecule has 0 amide bonds. The molecule has 2 N–H and O–H groups in total. The average Bonchev–Trinajstić information content (AvgIpc) is 3.84. The molecule has 0 spiro atoms. The lowest BCUT2D eigenvalue weighted by molar-refractivity contribution is 1.09. The molecule has 0 aliphatic carbocycles. The minimum atomic E-state index is 0.907. The fraction of sp³-hybridized carbons (Fsp3) is 0.122. The standard InChI is InChI=1S/C38H30N4.C2H6.CH4S/c1-3-8-27(9-4-1)22-29-14-18-31(19-15-29)35-25-37(41-39-35)33-12-7-13-34(24-33)38-26-36(40-42-38)32-20-16-30(17-21-32)23-28-10-5-2-6-11-28;2*1-2/h1-21,24-26H,22-23H2,(H,39,41)(H,40,42);1-2H3;2H,1H3. The number of thiol groups is 1. The molecular formula is C41H40N4S. The second kappa shape index (κ2) is 16.3. The van der Waals surface area contributed by atoms with Gasteiger partial charge in [0.05, 0.1) is 22.8 Å². The Balaban J connectivity index is 0.00000100. The van der Waals surface area contributed by atoms with Crippen molar-refractivity contribution >= 4 is 12.6 Å². The van der Waals surface area contributed by atoms with E-state index in [9.17, 15) is 0 Å². The Bertz CT molecular complexity index is 1770. The van der Waals surface area contributed by atoms with Crippen LogP contribution in [0.15, 0.2) is 146 Å². The third-order valence-corrected chi connectivity index (χ3v) is 7.64. The summed E-state index contributed by atoms with van der Waals surface area (Å²) in [5.41, 5.74) is 13.4. The number of aromatic amines is 2. The molecule has 7 rings (SSSR count). The molecule has 46 heavy (non-hydrogen) atoms. The molecule has 7 aromatic rings. The highest BCUT2D eigenvalue weighted by Crippen LogP contribution is 2.29. The minimum absolute atomic E-state index is 0.907. The molecule has 0 atom stereocenters. The van der Waals surface area contributed by atoms with E-state index in [4.69, 9.17) is 0 Å². The molecule has 0 aliphatic rings. The van der Waals surface area contributed by atoms with Gasteiger partial charge >= 0.3 is 0 Å². The quantitative estimate of drug-likeness (QED) is 0.148. The molecule has 0 saturated carbocycles. The summed E-state index contributed by atoms with van der Waals surface area (Å²) in [6.45, 7) is 4.00. The van der Waals surface area contributed by atoms with Gasteiger partial charge in [-0.1, -0.05) is 141 Å². The number of H-pyrrole nitrogens is 2. The lowest BCUT2D eigenvalue weighted by Crippen LogP contribution is -1.87. The normalized spacial score (nSPS) is 10.3. The second-order valence-corrected chi connectivity index (χ2v) is 10.6. The zero-order valence-electron chi connectivity index (χ0n) is 26.6. The van der Waals surface area contributed by atoms with Crippen molar-refractivity contribution in [2.24, 2.45) is 0 Å². The summed E-state index contributed by atoms with van der Waals surface area (Å²) in [5.74, 6) is 0. The van der Waals surface area contributed by atoms with Crippen LogP contribution in [0.1, 0.15) is 36.1 Å². The van der Waals surface area contributed by atoms with E-state index in [0.29, 0.717) is 0 Å². The highest BCUT2D eigenvalue weighted by molar-refractivity contribution is 7.79. The lowest BCUT2D eigenvalue weighted by atomic mass is 10.0. The summed E-state index contributed by atoms with van der Waals surface area (Å²) in [5, 5.41) is 15.7. The molecule has 5 aromatic carbocycles. The topological polar surface area (TPSA) is 57.4 Å². The Labute approximate surface area is 278 Å².